The molecule has 0 aliphatic rings. The fourth-order valence-corrected chi connectivity index (χ4v) is 3.40. The molecule has 0 saturated carbocycles. The lowest BCUT2D eigenvalue weighted by Crippen LogP contribution is -2.19. The van der Waals surface area contributed by atoms with Gasteiger partial charge in [-0.15, -0.1) is 0 Å². The van der Waals surface area contributed by atoms with Crippen LogP contribution in [0.2, 0.25) is 0 Å². The monoisotopic (exact) mass is 512 g/mol. The van der Waals surface area contributed by atoms with Gasteiger partial charge in [0.15, 0.2) is 11.5 Å². The fourth-order valence-electron chi connectivity index (χ4n) is 3.13. The van der Waals surface area contributed by atoms with E-state index in [-0.39, 0.29) is 6.03 Å². The van der Waals surface area contributed by atoms with Gasteiger partial charge in [-0.1, -0.05) is 34.1 Å². The van der Waals surface area contributed by atoms with Crippen LogP contribution in [0.1, 0.15) is 11.1 Å². The van der Waals surface area contributed by atoms with Gasteiger partial charge >= 0.3 is 6.03 Å². The maximum atomic E-state index is 12.5. The zero-order valence-electron chi connectivity index (χ0n) is 18.8. The summed E-state index contributed by atoms with van der Waals surface area (Å²) in [6.07, 6.45) is 3.83. The number of anilines is 2. The van der Waals surface area contributed by atoms with Gasteiger partial charge in [-0.05, 0) is 59.7 Å². The molecule has 2 amide bonds. The molecule has 0 unspecified atom stereocenters. The third-order valence-electron chi connectivity index (χ3n) is 4.73. The minimum Gasteiger partial charge on any atom is -0.495 e. The number of urea groups is 1. The van der Waals surface area contributed by atoms with Crippen LogP contribution in [-0.4, -0.2) is 34.5 Å². The summed E-state index contributed by atoms with van der Waals surface area (Å²) in [5, 5.41) is 5.64. The molecule has 0 aliphatic carbocycles. The number of hydrogen-bond donors (Lipinski definition) is 2. The quantitative estimate of drug-likeness (QED) is 0.346. The highest BCUT2D eigenvalue weighted by atomic mass is 79.9. The predicted molar refractivity (Wildman–Crippen MR) is 135 cm³/mol. The van der Waals surface area contributed by atoms with Gasteiger partial charge in [-0.25, -0.2) is 4.79 Å². The Kier molecular flexibility index (Phi) is 8.21. The van der Waals surface area contributed by atoms with E-state index in [1.807, 2.05) is 48.6 Å². The van der Waals surface area contributed by atoms with E-state index >= 15 is 0 Å². The summed E-state index contributed by atoms with van der Waals surface area (Å²) in [5.74, 6) is 2.21. The van der Waals surface area contributed by atoms with Crippen molar-refractivity contribution in [1.82, 2.24) is 0 Å². The first-order valence-electron chi connectivity index (χ1n) is 9.97. The van der Waals surface area contributed by atoms with Gasteiger partial charge in [-0.2, -0.15) is 0 Å². The van der Waals surface area contributed by atoms with Crippen LogP contribution >= 0.6 is 15.9 Å². The Hall–Kier alpha value is -3.65. The highest BCUT2D eigenvalue weighted by Gasteiger charge is 2.12. The summed E-state index contributed by atoms with van der Waals surface area (Å²) < 4.78 is 22.5. The predicted octanol–water partition coefficient (Wildman–Crippen LogP) is 6.30. The molecule has 0 fully saturated rings. The van der Waals surface area contributed by atoms with E-state index in [1.165, 1.54) is 0 Å². The molecule has 3 rings (SSSR count). The Morgan fingerprint density at radius 2 is 1.33 bits per heavy atom. The Morgan fingerprint density at radius 1 is 0.727 bits per heavy atom. The normalized spacial score (nSPS) is 10.6. The van der Waals surface area contributed by atoms with Crippen molar-refractivity contribution in [1.29, 1.82) is 0 Å². The van der Waals surface area contributed by atoms with Crippen molar-refractivity contribution in [3.63, 3.8) is 0 Å². The van der Waals surface area contributed by atoms with Gasteiger partial charge in [0.25, 0.3) is 0 Å². The maximum Gasteiger partial charge on any atom is 0.323 e. The maximum absolute atomic E-state index is 12.5. The molecule has 0 aromatic heterocycles. The molecule has 0 bridgehead atoms. The van der Waals surface area contributed by atoms with Crippen LogP contribution in [-0.2, 0) is 0 Å². The van der Waals surface area contributed by atoms with Gasteiger partial charge in [-0.3, -0.25) is 0 Å². The molecular formula is C25H25BrN2O5. The summed E-state index contributed by atoms with van der Waals surface area (Å²) in [4.78, 5) is 12.5. The molecule has 172 valence electrons. The molecule has 3 aromatic rings. The molecule has 0 atom stereocenters. The second-order valence-electron chi connectivity index (χ2n) is 6.84. The first kappa shape index (κ1) is 24.0. The zero-order valence-corrected chi connectivity index (χ0v) is 20.4. The van der Waals surface area contributed by atoms with Crippen LogP contribution in [0.3, 0.4) is 0 Å². The van der Waals surface area contributed by atoms with Crippen molar-refractivity contribution in [2.75, 3.05) is 39.1 Å². The number of rotatable bonds is 8. The number of ether oxygens (including phenoxy) is 4. The van der Waals surface area contributed by atoms with E-state index < -0.39 is 0 Å². The van der Waals surface area contributed by atoms with Gasteiger partial charge in [0.1, 0.15) is 5.75 Å². The van der Waals surface area contributed by atoms with E-state index in [0.717, 1.165) is 15.6 Å². The largest absolute Gasteiger partial charge is 0.495 e. The lowest BCUT2D eigenvalue weighted by molar-refractivity contribution is 0.262. The first-order chi connectivity index (χ1) is 16.0. The van der Waals surface area contributed by atoms with E-state index in [0.29, 0.717) is 34.4 Å². The Bertz CT molecular complexity index is 1120. The molecule has 0 radical (unpaired) electrons. The van der Waals surface area contributed by atoms with Gasteiger partial charge < -0.3 is 29.6 Å². The third-order valence-corrected chi connectivity index (χ3v) is 5.26. The van der Waals surface area contributed by atoms with E-state index in [2.05, 4.69) is 26.6 Å². The molecule has 7 nitrogen and oxygen atoms in total. The van der Waals surface area contributed by atoms with Gasteiger partial charge in [0, 0.05) is 10.2 Å². The highest BCUT2D eigenvalue weighted by Crippen LogP contribution is 2.38. The van der Waals surface area contributed by atoms with Crippen LogP contribution in [0.15, 0.2) is 59.1 Å². The smallest absolute Gasteiger partial charge is 0.323 e. The molecule has 8 heteroatoms. The van der Waals surface area contributed by atoms with Crippen molar-refractivity contribution in [3.8, 4) is 23.0 Å². The third kappa shape index (κ3) is 6.20. The van der Waals surface area contributed by atoms with E-state index in [1.54, 1.807) is 46.6 Å². The number of carbonyl (C=O) groups excluding carboxylic acids is 1. The summed E-state index contributed by atoms with van der Waals surface area (Å²) in [7, 11) is 6.27. The van der Waals surface area contributed by atoms with Crippen LogP contribution in [0.25, 0.3) is 12.2 Å². The minimum absolute atomic E-state index is 0.374. The van der Waals surface area contributed by atoms with Crippen LogP contribution in [0.5, 0.6) is 23.0 Å². The van der Waals surface area contributed by atoms with Crippen molar-refractivity contribution >= 4 is 45.5 Å². The Labute approximate surface area is 201 Å². The Morgan fingerprint density at radius 3 is 1.91 bits per heavy atom. The van der Waals surface area contributed by atoms with Gasteiger partial charge in [0.2, 0.25) is 5.75 Å². The molecule has 0 heterocycles. The highest BCUT2D eigenvalue weighted by molar-refractivity contribution is 9.10. The SMILES string of the molecule is COc1ccc(/C=C\c2cc(OC)c(OC)c(OC)c2)cc1NC(=O)Nc1ccc(Br)cc1. The molecule has 3 aromatic carbocycles. The number of benzene rings is 3. The van der Waals surface area contributed by atoms with E-state index in [4.69, 9.17) is 18.9 Å². The first-order valence-corrected chi connectivity index (χ1v) is 10.8. The van der Waals surface area contributed by atoms with Crippen LogP contribution < -0.4 is 29.6 Å². The number of nitrogens with one attached hydrogen (secondary N) is 2. The van der Waals surface area contributed by atoms with Crippen molar-refractivity contribution in [3.05, 3.63) is 70.2 Å². The number of methoxy groups -OCH3 is 4. The second-order valence-corrected chi connectivity index (χ2v) is 7.75. The number of halogens is 1. The summed E-state index contributed by atoms with van der Waals surface area (Å²) >= 11 is 3.38. The summed E-state index contributed by atoms with van der Waals surface area (Å²) in [6, 6.07) is 16.2. The molecular weight excluding hydrogens is 488 g/mol. The van der Waals surface area contributed by atoms with Crippen molar-refractivity contribution in [2.24, 2.45) is 0 Å². The zero-order chi connectivity index (χ0) is 23.8. The molecule has 33 heavy (non-hydrogen) atoms. The standard InChI is InChI=1S/C25H25BrN2O5/c1-30-21-12-7-16(5-6-17-14-22(31-2)24(33-4)23(15-17)32-3)13-20(21)28-25(29)27-19-10-8-18(26)9-11-19/h5-15H,1-4H3,(H2,27,28,29)/b6-5-. The average Bonchev–Trinajstić information content (AvgIpc) is 2.83. The van der Waals surface area contributed by atoms with Crippen molar-refractivity contribution < 1.29 is 23.7 Å². The minimum atomic E-state index is -0.374. The molecule has 0 spiro atoms. The lowest BCUT2D eigenvalue weighted by atomic mass is 10.1. The molecule has 0 saturated heterocycles. The topological polar surface area (TPSA) is 78.1 Å². The number of hydrogen-bond acceptors (Lipinski definition) is 5. The van der Waals surface area contributed by atoms with Crippen molar-refractivity contribution in [2.45, 2.75) is 0 Å². The molecule has 2 N–H and O–H groups in total. The molecule has 0 aliphatic heterocycles. The van der Waals surface area contributed by atoms with Gasteiger partial charge in [0.05, 0.1) is 34.1 Å². The lowest BCUT2D eigenvalue weighted by Gasteiger charge is -2.13. The second kappa shape index (κ2) is 11.3. The fraction of sp³-hybridized carbons (Fsp3) is 0.160. The van der Waals surface area contributed by atoms with Crippen LogP contribution in [0.4, 0.5) is 16.2 Å². The van der Waals surface area contributed by atoms with Crippen LogP contribution in [0, 0.1) is 0 Å². The number of carbonyl (C=O) groups is 1. The summed E-state index contributed by atoms with van der Waals surface area (Å²) in [6.45, 7) is 0. The van der Waals surface area contributed by atoms with E-state index in [9.17, 15) is 4.79 Å². The number of amides is 2. The average molecular weight is 513 g/mol. The summed E-state index contributed by atoms with van der Waals surface area (Å²) in [5.41, 5.74) is 2.94. The Balaban J connectivity index is 1.81.